The maximum Gasteiger partial charge on any atom is 0.00915 e. The van der Waals surface area contributed by atoms with E-state index in [4.69, 9.17) is 0 Å². The number of benzene rings is 1. The Morgan fingerprint density at radius 2 is 2.00 bits per heavy atom. The van der Waals surface area contributed by atoms with E-state index in [0.717, 1.165) is 19.0 Å². The minimum atomic E-state index is 0.702. The maximum atomic E-state index is 3.72. The molecule has 2 heteroatoms. The van der Waals surface area contributed by atoms with Crippen LogP contribution in [0.25, 0.3) is 0 Å². The Labute approximate surface area is 118 Å². The highest BCUT2D eigenvalue weighted by Crippen LogP contribution is 2.13. The molecule has 1 aliphatic heterocycles. The summed E-state index contributed by atoms with van der Waals surface area (Å²) in [6, 6.07) is 10.3. The third-order valence-electron chi connectivity index (χ3n) is 4.19. The zero-order valence-corrected chi connectivity index (χ0v) is 12.7. The van der Waals surface area contributed by atoms with Gasteiger partial charge in [-0.2, -0.15) is 0 Å². The molecule has 1 aromatic rings. The summed E-state index contributed by atoms with van der Waals surface area (Å²) in [5.41, 5.74) is 2.81. The average Bonchev–Trinajstić information content (AvgIpc) is 2.39. The second kappa shape index (κ2) is 7.06. The van der Waals surface area contributed by atoms with Crippen LogP contribution in [0.2, 0.25) is 0 Å². The second-order valence-corrected chi connectivity index (χ2v) is 6.10. The van der Waals surface area contributed by atoms with Gasteiger partial charge in [-0.1, -0.05) is 29.8 Å². The molecule has 1 aromatic carbocycles. The summed E-state index contributed by atoms with van der Waals surface area (Å²) < 4.78 is 0. The fourth-order valence-electron chi connectivity index (χ4n) is 2.91. The summed E-state index contributed by atoms with van der Waals surface area (Å²) >= 11 is 0. The van der Waals surface area contributed by atoms with Gasteiger partial charge in [-0.25, -0.2) is 0 Å². The number of hydrogen-bond acceptors (Lipinski definition) is 2. The Balaban J connectivity index is 1.67. The van der Waals surface area contributed by atoms with Crippen LogP contribution in [0.3, 0.4) is 0 Å². The average molecular weight is 260 g/mol. The lowest BCUT2D eigenvalue weighted by atomic mass is 10.0. The summed E-state index contributed by atoms with van der Waals surface area (Å²) in [4.78, 5) is 2.58. The van der Waals surface area contributed by atoms with Crippen LogP contribution in [0.15, 0.2) is 24.3 Å². The number of aryl methyl sites for hydroxylation is 1. The van der Waals surface area contributed by atoms with E-state index in [-0.39, 0.29) is 0 Å². The van der Waals surface area contributed by atoms with Crippen molar-refractivity contribution in [3.63, 3.8) is 0 Å². The molecular weight excluding hydrogens is 232 g/mol. The predicted octanol–water partition coefficient (Wildman–Crippen LogP) is 3.00. The number of hydrogen-bond donors (Lipinski definition) is 1. The van der Waals surface area contributed by atoms with Crippen molar-refractivity contribution in [1.82, 2.24) is 10.2 Å². The molecule has 1 aliphatic rings. The van der Waals surface area contributed by atoms with Crippen molar-refractivity contribution in [2.45, 2.75) is 52.1 Å². The highest BCUT2D eigenvalue weighted by Gasteiger charge is 2.19. The number of likely N-dealkylation sites (tertiary alicyclic amines) is 1. The van der Waals surface area contributed by atoms with E-state index in [1.54, 1.807) is 0 Å². The largest absolute Gasteiger partial charge is 0.314 e. The first-order valence-electron chi connectivity index (χ1n) is 7.68. The molecule has 0 spiro atoms. The highest BCUT2D eigenvalue weighted by molar-refractivity contribution is 5.22. The first-order chi connectivity index (χ1) is 9.15. The number of nitrogens with zero attached hydrogens (tertiary/aromatic N) is 1. The van der Waals surface area contributed by atoms with Crippen molar-refractivity contribution >= 4 is 0 Å². The maximum absolute atomic E-state index is 3.72. The molecule has 1 fully saturated rings. The van der Waals surface area contributed by atoms with E-state index >= 15 is 0 Å². The number of rotatable bonds is 5. The zero-order chi connectivity index (χ0) is 13.7. The highest BCUT2D eigenvalue weighted by atomic mass is 15.2. The molecule has 19 heavy (non-hydrogen) atoms. The van der Waals surface area contributed by atoms with Crippen molar-refractivity contribution in [1.29, 1.82) is 0 Å². The monoisotopic (exact) mass is 260 g/mol. The first kappa shape index (κ1) is 14.5. The molecule has 2 rings (SSSR count). The van der Waals surface area contributed by atoms with Crippen LogP contribution >= 0.6 is 0 Å². The lowest BCUT2D eigenvalue weighted by Crippen LogP contribution is -2.45. The minimum Gasteiger partial charge on any atom is -0.314 e. The lowest BCUT2D eigenvalue weighted by Gasteiger charge is -2.35. The molecule has 0 unspecified atom stereocenters. The normalized spacial score (nSPS) is 18.1. The smallest absolute Gasteiger partial charge is 0.00915 e. The van der Waals surface area contributed by atoms with Crippen LogP contribution in [0.5, 0.6) is 0 Å². The van der Waals surface area contributed by atoms with Crippen LogP contribution < -0.4 is 5.32 Å². The van der Waals surface area contributed by atoms with Crippen molar-refractivity contribution in [3.05, 3.63) is 35.4 Å². The van der Waals surface area contributed by atoms with Crippen LogP contribution in [-0.2, 0) is 6.42 Å². The molecule has 2 nitrogen and oxygen atoms in total. The van der Waals surface area contributed by atoms with Crippen molar-refractivity contribution < 1.29 is 0 Å². The third kappa shape index (κ3) is 4.63. The fraction of sp³-hybridized carbons (Fsp3) is 0.647. The molecule has 0 bridgehead atoms. The Morgan fingerprint density at radius 1 is 1.26 bits per heavy atom. The molecule has 1 saturated heterocycles. The van der Waals surface area contributed by atoms with Gasteiger partial charge >= 0.3 is 0 Å². The van der Waals surface area contributed by atoms with Gasteiger partial charge in [0.1, 0.15) is 0 Å². The number of piperidine rings is 1. The van der Waals surface area contributed by atoms with E-state index < -0.39 is 0 Å². The van der Waals surface area contributed by atoms with Crippen LogP contribution in [0, 0.1) is 6.92 Å². The molecule has 0 aliphatic carbocycles. The summed E-state index contributed by atoms with van der Waals surface area (Å²) in [6.45, 7) is 10.4. The molecule has 1 N–H and O–H groups in total. The summed E-state index contributed by atoms with van der Waals surface area (Å²) in [5.74, 6) is 0. The fourth-order valence-corrected chi connectivity index (χ4v) is 2.91. The third-order valence-corrected chi connectivity index (χ3v) is 4.19. The summed E-state index contributed by atoms with van der Waals surface area (Å²) in [7, 11) is 0. The van der Waals surface area contributed by atoms with Gasteiger partial charge in [0, 0.05) is 12.1 Å². The van der Waals surface area contributed by atoms with E-state index in [9.17, 15) is 0 Å². The quantitative estimate of drug-likeness (QED) is 0.875. The van der Waals surface area contributed by atoms with Crippen molar-refractivity contribution in [2.24, 2.45) is 0 Å². The van der Waals surface area contributed by atoms with Gasteiger partial charge in [0.2, 0.25) is 0 Å². The summed E-state index contributed by atoms with van der Waals surface area (Å²) in [5, 5.41) is 3.72. The van der Waals surface area contributed by atoms with Gasteiger partial charge < -0.3 is 10.2 Å². The van der Waals surface area contributed by atoms with E-state index in [0.29, 0.717) is 6.04 Å². The van der Waals surface area contributed by atoms with Gasteiger partial charge in [-0.3, -0.25) is 0 Å². The van der Waals surface area contributed by atoms with Crippen LogP contribution in [0.4, 0.5) is 0 Å². The number of nitrogens with one attached hydrogen (secondary N) is 1. The van der Waals surface area contributed by atoms with Gasteiger partial charge in [0.05, 0.1) is 0 Å². The van der Waals surface area contributed by atoms with E-state index in [1.807, 2.05) is 0 Å². The van der Waals surface area contributed by atoms with Crippen molar-refractivity contribution in [2.75, 3.05) is 19.6 Å². The standard InChI is InChI=1S/C17H28N2/c1-14(2)19-11-8-17(9-12-19)18-10-7-16-6-4-5-15(3)13-16/h4-6,13-14,17-18H,7-12H2,1-3H3. The van der Waals surface area contributed by atoms with E-state index in [2.05, 4.69) is 55.3 Å². The van der Waals surface area contributed by atoms with Crippen LogP contribution in [-0.4, -0.2) is 36.6 Å². The molecule has 0 saturated carbocycles. The molecular formula is C17H28N2. The Kier molecular flexibility index (Phi) is 5.41. The van der Waals surface area contributed by atoms with Gasteiger partial charge in [0.25, 0.3) is 0 Å². The van der Waals surface area contributed by atoms with Gasteiger partial charge in [-0.15, -0.1) is 0 Å². The molecule has 0 radical (unpaired) electrons. The predicted molar refractivity (Wildman–Crippen MR) is 82.6 cm³/mol. The topological polar surface area (TPSA) is 15.3 Å². The zero-order valence-electron chi connectivity index (χ0n) is 12.7. The Hall–Kier alpha value is -0.860. The van der Waals surface area contributed by atoms with E-state index in [1.165, 1.54) is 37.1 Å². The van der Waals surface area contributed by atoms with Gasteiger partial charge in [0.15, 0.2) is 0 Å². The SMILES string of the molecule is Cc1cccc(CCNC2CCN(C(C)C)CC2)c1. The molecule has 0 amide bonds. The Morgan fingerprint density at radius 3 is 2.63 bits per heavy atom. The molecule has 1 heterocycles. The summed E-state index contributed by atoms with van der Waals surface area (Å²) in [6.07, 6.45) is 3.74. The van der Waals surface area contributed by atoms with Gasteiger partial charge in [-0.05, 0) is 65.2 Å². The molecule has 0 atom stereocenters. The lowest BCUT2D eigenvalue weighted by molar-refractivity contribution is 0.161. The Bertz CT molecular complexity index is 379. The second-order valence-electron chi connectivity index (χ2n) is 6.10. The minimum absolute atomic E-state index is 0.702. The van der Waals surface area contributed by atoms with Crippen molar-refractivity contribution in [3.8, 4) is 0 Å². The molecule has 0 aromatic heterocycles. The first-order valence-corrected chi connectivity index (χ1v) is 7.68. The van der Waals surface area contributed by atoms with Crippen LogP contribution in [0.1, 0.15) is 37.8 Å². The molecule has 106 valence electrons.